The van der Waals surface area contributed by atoms with Crippen molar-refractivity contribution < 1.29 is 13.9 Å². The highest BCUT2D eigenvalue weighted by Gasteiger charge is 2.23. The highest BCUT2D eigenvalue weighted by Crippen LogP contribution is 2.10. The van der Waals surface area contributed by atoms with Crippen LogP contribution in [0.1, 0.15) is 13.3 Å². The third kappa shape index (κ3) is 2.79. The molecule has 57 valence electrons. The molecule has 0 spiro atoms. The fourth-order valence-corrected chi connectivity index (χ4v) is 0.849. The van der Waals surface area contributed by atoms with Gasteiger partial charge in [-0.05, 0) is 6.42 Å². The molecule has 4 heteroatoms. The molecule has 1 saturated heterocycles. The molecule has 2 atom stereocenters. The van der Waals surface area contributed by atoms with Crippen molar-refractivity contribution in [1.82, 2.24) is 0 Å². The largest absolute Gasteiger partial charge is 0.394 e. The van der Waals surface area contributed by atoms with E-state index in [4.69, 9.17) is 13.9 Å². The van der Waals surface area contributed by atoms with Gasteiger partial charge in [-0.25, -0.2) is 0 Å². The Labute approximate surface area is 64.2 Å². The SMILES string of the molecule is CCC(O[Si])OCC1CO1. The van der Waals surface area contributed by atoms with Gasteiger partial charge in [-0.3, -0.25) is 0 Å². The number of epoxide rings is 1. The third-order valence-electron chi connectivity index (χ3n) is 1.34. The Bertz CT molecular complexity index is 91.0. The average Bonchev–Trinajstić information content (AvgIpc) is 2.74. The summed E-state index contributed by atoms with van der Waals surface area (Å²) in [5.41, 5.74) is 0. The van der Waals surface area contributed by atoms with E-state index in [0.29, 0.717) is 12.7 Å². The maximum absolute atomic E-state index is 5.27. The van der Waals surface area contributed by atoms with Crippen molar-refractivity contribution in [2.24, 2.45) is 0 Å². The molecule has 0 bridgehead atoms. The normalized spacial score (nSPS) is 26.4. The first-order valence-corrected chi connectivity index (χ1v) is 3.83. The molecule has 1 fully saturated rings. The molecule has 0 N–H and O–H groups in total. The minimum atomic E-state index is -0.138. The summed E-state index contributed by atoms with van der Waals surface area (Å²) in [7, 11) is 2.93. The third-order valence-corrected chi connectivity index (χ3v) is 1.60. The van der Waals surface area contributed by atoms with Gasteiger partial charge >= 0.3 is 0 Å². The fraction of sp³-hybridized carbons (Fsp3) is 1.00. The Hall–Kier alpha value is 0.0969. The smallest absolute Gasteiger partial charge is 0.249 e. The van der Waals surface area contributed by atoms with Gasteiger partial charge in [-0.2, -0.15) is 0 Å². The van der Waals surface area contributed by atoms with Crippen LogP contribution in [0, 0.1) is 0 Å². The van der Waals surface area contributed by atoms with Crippen LogP contribution in [0.15, 0.2) is 0 Å². The minimum Gasteiger partial charge on any atom is -0.394 e. The van der Waals surface area contributed by atoms with Gasteiger partial charge in [0.05, 0.1) is 13.2 Å². The summed E-state index contributed by atoms with van der Waals surface area (Å²) in [5, 5.41) is 0. The van der Waals surface area contributed by atoms with Crippen LogP contribution >= 0.6 is 0 Å². The molecule has 1 heterocycles. The molecule has 1 rings (SSSR count). The van der Waals surface area contributed by atoms with E-state index in [2.05, 4.69) is 10.5 Å². The van der Waals surface area contributed by atoms with E-state index >= 15 is 0 Å². The lowest BCUT2D eigenvalue weighted by Gasteiger charge is -2.12. The average molecular weight is 159 g/mol. The number of hydrogen-bond acceptors (Lipinski definition) is 3. The van der Waals surface area contributed by atoms with Crippen molar-refractivity contribution in [2.45, 2.75) is 25.7 Å². The summed E-state index contributed by atoms with van der Waals surface area (Å²) in [4.78, 5) is 0. The summed E-state index contributed by atoms with van der Waals surface area (Å²) in [5.74, 6) is 0. The quantitative estimate of drug-likeness (QED) is 0.327. The lowest BCUT2D eigenvalue weighted by Crippen LogP contribution is -2.17. The van der Waals surface area contributed by atoms with Gasteiger partial charge in [0.25, 0.3) is 0 Å². The van der Waals surface area contributed by atoms with E-state index < -0.39 is 0 Å². The Morgan fingerprint density at radius 1 is 1.80 bits per heavy atom. The second-order valence-electron chi connectivity index (χ2n) is 2.24. The van der Waals surface area contributed by atoms with E-state index in [0.717, 1.165) is 13.0 Å². The summed E-state index contributed by atoms with van der Waals surface area (Å²) < 4.78 is 15.0. The van der Waals surface area contributed by atoms with Crippen molar-refractivity contribution >= 4 is 10.5 Å². The van der Waals surface area contributed by atoms with Crippen LogP contribution in [-0.2, 0) is 13.9 Å². The Morgan fingerprint density at radius 2 is 2.50 bits per heavy atom. The van der Waals surface area contributed by atoms with Gasteiger partial charge in [-0.15, -0.1) is 0 Å². The molecule has 10 heavy (non-hydrogen) atoms. The van der Waals surface area contributed by atoms with E-state index in [1.54, 1.807) is 0 Å². The van der Waals surface area contributed by atoms with Crippen LogP contribution in [0.2, 0.25) is 0 Å². The second-order valence-corrected chi connectivity index (χ2v) is 2.48. The molecule has 0 aromatic heterocycles. The van der Waals surface area contributed by atoms with Crippen molar-refractivity contribution in [2.75, 3.05) is 13.2 Å². The van der Waals surface area contributed by atoms with Crippen LogP contribution < -0.4 is 0 Å². The van der Waals surface area contributed by atoms with E-state index in [1.807, 2.05) is 6.92 Å². The van der Waals surface area contributed by atoms with Crippen molar-refractivity contribution in [3.63, 3.8) is 0 Å². The minimum absolute atomic E-state index is 0.138. The predicted octanol–water partition coefficient (Wildman–Crippen LogP) is 0.238. The first-order valence-electron chi connectivity index (χ1n) is 3.42. The number of hydrogen-bond donors (Lipinski definition) is 0. The molecule has 1 aliphatic heterocycles. The molecule has 0 aromatic carbocycles. The van der Waals surface area contributed by atoms with Crippen molar-refractivity contribution in [3.05, 3.63) is 0 Å². The first-order chi connectivity index (χ1) is 4.86. The van der Waals surface area contributed by atoms with Gasteiger partial charge in [-0.1, -0.05) is 6.92 Å². The van der Waals surface area contributed by atoms with E-state index in [9.17, 15) is 0 Å². The highest BCUT2D eigenvalue weighted by molar-refractivity contribution is 5.98. The van der Waals surface area contributed by atoms with Gasteiger partial charge < -0.3 is 13.9 Å². The zero-order valence-electron chi connectivity index (χ0n) is 6.00. The lowest BCUT2D eigenvalue weighted by molar-refractivity contribution is -0.0820. The molecule has 1 aliphatic rings. The van der Waals surface area contributed by atoms with Gasteiger partial charge in [0.15, 0.2) is 0 Å². The van der Waals surface area contributed by atoms with Gasteiger partial charge in [0.1, 0.15) is 12.4 Å². The van der Waals surface area contributed by atoms with Crippen LogP contribution in [0.5, 0.6) is 0 Å². The van der Waals surface area contributed by atoms with Crippen LogP contribution in [0.25, 0.3) is 0 Å². The summed E-state index contributed by atoms with van der Waals surface area (Å²) in [6.45, 7) is 3.47. The lowest BCUT2D eigenvalue weighted by atomic mass is 10.4. The Balaban J connectivity index is 1.97. The Morgan fingerprint density at radius 3 is 2.90 bits per heavy atom. The summed E-state index contributed by atoms with van der Waals surface area (Å²) in [6, 6.07) is 0. The zero-order valence-corrected chi connectivity index (χ0v) is 7.00. The number of ether oxygens (including phenoxy) is 2. The predicted molar refractivity (Wildman–Crippen MR) is 36.6 cm³/mol. The Kier molecular flexibility index (Phi) is 3.34. The molecule has 0 aliphatic carbocycles. The maximum atomic E-state index is 5.27. The topological polar surface area (TPSA) is 31.0 Å². The van der Waals surface area contributed by atoms with E-state index in [-0.39, 0.29) is 6.29 Å². The van der Waals surface area contributed by atoms with Gasteiger partial charge in [0.2, 0.25) is 10.5 Å². The fourth-order valence-electron chi connectivity index (χ4n) is 0.614. The van der Waals surface area contributed by atoms with Crippen LogP contribution in [0.3, 0.4) is 0 Å². The van der Waals surface area contributed by atoms with Gasteiger partial charge in [0, 0.05) is 0 Å². The van der Waals surface area contributed by atoms with E-state index in [1.165, 1.54) is 0 Å². The van der Waals surface area contributed by atoms with Crippen LogP contribution in [0.4, 0.5) is 0 Å². The molecule has 2 unspecified atom stereocenters. The first kappa shape index (κ1) is 8.20. The number of rotatable bonds is 5. The maximum Gasteiger partial charge on any atom is 0.249 e. The van der Waals surface area contributed by atoms with Crippen molar-refractivity contribution in [3.8, 4) is 0 Å². The van der Waals surface area contributed by atoms with Crippen molar-refractivity contribution in [1.29, 1.82) is 0 Å². The standard InChI is InChI=1S/C6H11O3Si/c1-2-6(9-10)8-4-5-3-7-5/h5-6H,2-4H2,1H3. The molecule has 0 amide bonds. The molecule has 3 radical (unpaired) electrons. The monoisotopic (exact) mass is 159 g/mol. The molecule has 0 aromatic rings. The second kappa shape index (κ2) is 4.08. The summed E-state index contributed by atoms with van der Waals surface area (Å²) in [6.07, 6.45) is 1.02. The highest BCUT2D eigenvalue weighted by atomic mass is 28.2. The molecular weight excluding hydrogens is 148 g/mol. The summed E-state index contributed by atoms with van der Waals surface area (Å²) >= 11 is 0. The molecule has 0 saturated carbocycles. The molecular formula is C6H11O3Si. The van der Waals surface area contributed by atoms with Crippen LogP contribution in [-0.4, -0.2) is 36.1 Å². The zero-order chi connectivity index (χ0) is 7.40. The molecule has 3 nitrogen and oxygen atoms in total.